The Morgan fingerprint density at radius 2 is 1.62 bits per heavy atom. The van der Waals surface area contributed by atoms with Crippen molar-refractivity contribution in [2.24, 2.45) is 0 Å². The van der Waals surface area contributed by atoms with E-state index in [1.165, 1.54) is 24.0 Å². The van der Waals surface area contributed by atoms with Gasteiger partial charge in [0.25, 0.3) is 0 Å². The van der Waals surface area contributed by atoms with Crippen molar-refractivity contribution in [1.29, 1.82) is 0 Å². The van der Waals surface area contributed by atoms with E-state index in [4.69, 9.17) is 0 Å². The number of amides is 2. The van der Waals surface area contributed by atoms with Crippen LogP contribution in [0.5, 0.6) is 0 Å². The van der Waals surface area contributed by atoms with E-state index in [1.54, 1.807) is 0 Å². The maximum atomic E-state index is 12.9. The fourth-order valence-corrected chi connectivity index (χ4v) is 3.74. The molecule has 1 fully saturated rings. The van der Waals surface area contributed by atoms with E-state index in [2.05, 4.69) is 55.3 Å². The molecule has 2 aromatic carbocycles. The van der Waals surface area contributed by atoms with Gasteiger partial charge in [0.1, 0.15) is 0 Å². The molecule has 2 amide bonds. The van der Waals surface area contributed by atoms with Crippen LogP contribution in [0.15, 0.2) is 54.6 Å². The molecule has 0 spiro atoms. The molecule has 1 N–H and O–H groups in total. The van der Waals surface area contributed by atoms with Gasteiger partial charge in [-0.25, -0.2) is 4.79 Å². The number of hydrogen-bond acceptors (Lipinski definition) is 2. The van der Waals surface area contributed by atoms with E-state index in [-0.39, 0.29) is 11.4 Å². The third-order valence-corrected chi connectivity index (χ3v) is 5.65. The van der Waals surface area contributed by atoms with E-state index < -0.39 is 0 Å². The number of urea groups is 1. The third kappa shape index (κ3) is 6.60. The smallest absolute Gasteiger partial charge is 0.318 e. The molecular formula is C25H35N3O. The first-order valence-electron chi connectivity index (χ1n) is 10.8. The Kier molecular flexibility index (Phi) is 7.32. The van der Waals surface area contributed by atoms with Crippen LogP contribution in [0.3, 0.4) is 0 Å². The summed E-state index contributed by atoms with van der Waals surface area (Å²) < 4.78 is 0. The van der Waals surface area contributed by atoms with Crippen LogP contribution in [-0.4, -0.2) is 42.0 Å². The maximum Gasteiger partial charge on any atom is 0.318 e. The quantitative estimate of drug-likeness (QED) is 0.734. The van der Waals surface area contributed by atoms with Gasteiger partial charge in [0.15, 0.2) is 0 Å². The highest BCUT2D eigenvalue weighted by Crippen LogP contribution is 2.22. The summed E-state index contributed by atoms with van der Waals surface area (Å²) in [5.74, 6) is 0. The third-order valence-electron chi connectivity index (χ3n) is 5.65. The molecule has 0 bridgehead atoms. The van der Waals surface area contributed by atoms with Crippen molar-refractivity contribution in [2.75, 3.05) is 26.2 Å². The van der Waals surface area contributed by atoms with Gasteiger partial charge >= 0.3 is 6.03 Å². The Morgan fingerprint density at radius 1 is 0.966 bits per heavy atom. The summed E-state index contributed by atoms with van der Waals surface area (Å²) in [7, 11) is 0. The minimum atomic E-state index is 0.00736. The van der Waals surface area contributed by atoms with Crippen molar-refractivity contribution in [3.63, 3.8) is 0 Å². The van der Waals surface area contributed by atoms with Gasteiger partial charge < -0.3 is 15.1 Å². The number of hydrogen-bond donors (Lipinski definition) is 1. The highest BCUT2D eigenvalue weighted by atomic mass is 16.2. The summed E-state index contributed by atoms with van der Waals surface area (Å²) in [6.07, 6.45) is 2.54. The van der Waals surface area contributed by atoms with E-state index in [0.29, 0.717) is 13.1 Å². The number of nitrogens with zero attached hydrogens (tertiary/aromatic N) is 2. The first kappa shape index (κ1) is 21.4. The SMILES string of the molecule is CC(C)(C)c1ccc(CN(CCN2CCCC2)C(=O)NCc2ccccc2)cc1. The lowest BCUT2D eigenvalue weighted by molar-refractivity contribution is 0.184. The Morgan fingerprint density at radius 3 is 2.24 bits per heavy atom. The summed E-state index contributed by atoms with van der Waals surface area (Å²) in [4.78, 5) is 17.4. The van der Waals surface area contributed by atoms with Crippen molar-refractivity contribution < 1.29 is 4.79 Å². The van der Waals surface area contributed by atoms with Crippen LogP contribution in [0, 0.1) is 0 Å². The van der Waals surface area contributed by atoms with Gasteiger partial charge in [-0.05, 0) is 48.0 Å². The van der Waals surface area contributed by atoms with Crippen LogP contribution in [0.2, 0.25) is 0 Å². The second kappa shape index (κ2) is 9.93. The molecule has 4 nitrogen and oxygen atoms in total. The fourth-order valence-electron chi connectivity index (χ4n) is 3.74. The zero-order valence-corrected chi connectivity index (χ0v) is 18.2. The predicted octanol–water partition coefficient (Wildman–Crippen LogP) is 4.79. The summed E-state index contributed by atoms with van der Waals surface area (Å²) in [5.41, 5.74) is 3.75. The van der Waals surface area contributed by atoms with Gasteiger partial charge in [0.2, 0.25) is 0 Å². The van der Waals surface area contributed by atoms with Crippen molar-refractivity contribution >= 4 is 6.03 Å². The van der Waals surface area contributed by atoms with Crippen LogP contribution >= 0.6 is 0 Å². The zero-order valence-electron chi connectivity index (χ0n) is 18.2. The van der Waals surface area contributed by atoms with E-state index in [0.717, 1.165) is 31.7 Å². The Balaban J connectivity index is 1.63. The van der Waals surface area contributed by atoms with Crippen molar-refractivity contribution in [3.8, 4) is 0 Å². The second-order valence-electron chi connectivity index (χ2n) is 9.06. The van der Waals surface area contributed by atoms with Crippen LogP contribution in [0.1, 0.15) is 50.3 Å². The van der Waals surface area contributed by atoms with E-state index in [9.17, 15) is 4.79 Å². The monoisotopic (exact) mass is 393 g/mol. The summed E-state index contributed by atoms with van der Waals surface area (Å²) in [5, 5.41) is 3.10. The zero-order chi connectivity index (χ0) is 20.7. The lowest BCUT2D eigenvalue weighted by Gasteiger charge is -2.26. The summed E-state index contributed by atoms with van der Waals surface area (Å²) in [6, 6.07) is 18.8. The van der Waals surface area contributed by atoms with Gasteiger partial charge in [-0.1, -0.05) is 75.4 Å². The topological polar surface area (TPSA) is 35.6 Å². The standard InChI is InChI=1S/C25H35N3O/c1-25(2,3)23-13-11-22(12-14-23)20-28(18-17-27-15-7-8-16-27)24(29)26-19-21-9-5-4-6-10-21/h4-6,9-14H,7-8,15-20H2,1-3H3,(H,26,29). The molecule has 0 aliphatic carbocycles. The summed E-state index contributed by atoms with van der Waals surface area (Å²) in [6.45, 7) is 11.9. The fraction of sp³-hybridized carbons (Fsp3) is 0.480. The van der Waals surface area contributed by atoms with Gasteiger partial charge in [-0.3, -0.25) is 0 Å². The number of nitrogens with one attached hydrogen (secondary N) is 1. The van der Waals surface area contributed by atoms with Gasteiger partial charge in [0.05, 0.1) is 0 Å². The largest absolute Gasteiger partial charge is 0.334 e. The average Bonchev–Trinajstić information content (AvgIpc) is 3.23. The minimum absolute atomic E-state index is 0.00736. The van der Waals surface area contributed by atoms with Crippen molar-refractivity contribution in [3.05, 3.63) is 71.3 Å². The van der Waals surface area contributed by atoms with Gasteiger partial charge in [0, 0.05) is 26.2 Å². The maximum absolute atomic E-state index is 12.9. The minimum Gasteiger partial charge on any atom is -0.334 e. The number of rotatable bonds is 7. The van der Waals surface area contributed by atoms with Crippen LogP contribution in [0.25, 0.3) is 0 Å². The van der Waals surface area contributed by atoms with E-state index in [1.807, 2.05) is 35.2 Å². The molecule has 1 aliphatic heterocycles. The van der Waals surface area contributed by atoms with Crippen LogP contribution < -0.4 is 5.32 Å². The highest BCUT2D eigenvalue weighted by molar-refractivity contribution is 5.74. The predicted molar refractivity (Wildman–Crippen MR) is 120 cm³/mol. The van der Waals surface area contributed by atoms with Gasteiger partial charge in [-0.15, -0.1) is 0 Å². The molecule has 1 aliphatic rings. The molecule has 0 atom stereocenters. The number of carbonyl (C=O) groups is 1. The number of carbonyl (C=O) groups excluding carboxylic acids is 1. The first-order valence-corrected chi connectivity index (χ1v) is 10.8. The lowest BCUT2D eigenvalue weighted by atomic mass is 9.87. The Bertz CT molecular complexity index is 759. The molecule has 29 heavy (non-hydrogen) atoms. The molecule has 3 rings (SSSR count). The summed E-state index contributed by atoms with van der Waals surface area (Å²) >= 11 is 0. The molecule has 156 valence electrons. The molecule has 1 heterocycles. The molecule has 0 saturated carbocycles. The van der Waals surface area contributed by atoms with Crippen LogP contribution in [0.4, 0.5) is 4.79 Å². The molecule has 0 radical (unpaired) electrons. The molecule has 0 aromatic heterocycles. The van der Waals surface area contributed by atoms with Crippen molar-refractivity contribution in [2.45, 2.75) is 52.1 Å². The normalized spacial score (nSPS) is 14.7. The molecule has 4 heteroatoms. The Hall–Kier alpha value is -2.33. The number of benzene rings is 2. The molecule has 1 saturated heterocycles. The Labute approximate surface area is 175 Å². The molecule has 2 aromatic rings. The highest BCUT2D eigenvalue weighted by Gasteiger charge is 2.18. The van der Waals surface area contributed by atoms with Crippen LogP contribution in [-0.2, 0) is 18.5 Å². The number of likely N-dealkylation sites (tertiary alicyclic amines) is 1. The molecular weight excluding hydrogens is 358 g/mol. The van der Waals surface area contributed by atoms with Crippen molar-refractivity contribution in [1.82, 2.24) is 15.1 Å². The first-order chi connectivity index (χ1) is 13.9. The van der Waals surface area contributed by atoms with E-state index >= 15 is 0 Å². The average molecular weight is 394 g/mol. The van der Waals surface area contributed by atoms with Gasteiger partial charge in [-0.2, -0.15) is 0 Å². The lowest BCUT2D eigenvalue weighted by Crippen LogP contribution is -2.43. The molecule has 0 unspecified atom stereocenters. The second-order valence-corrected chi connectivity index (χ2v) is 9.06.